The normalized spacial score (nSPS) is 23.6. The molecule has 2 aromatic rings. The topological polar surface area (TPSA) is 82.3 Å². The number of aliphatic hydroxyl groups excluding tert-OH is 1. The summed E-state index contributed by atoms with van der Waals surface area (Å²) >= 11 is 0. The fourth-order valence-electron chi connectivity index (χ4n) is 2.43. The lowest BCUT2D eigenvalue weighted by Crippen LogP contribution is -2.14. The monoisotopic (exact) mass is 292 g/mol. The Bertz CT molecular complexity index is 615. The molecule has 0 spiro atoms. The molecule has 21 heavy (non-hydrogen) atoms. The lowest BCUT2D eigenvalue weighted by Gasteiger charge is -2.14. The van der Waals surface area contributed by atoms with E-state index in [1.54, 1.807) is 6.33 Å². The molecule has 7 heteroatoms. The molecule has 1 unspecified atom stereocenters. The molecule has 2 aromatic heterocycles. The number of hydrogen-bond donors (Lipinski definition) is 1. The highest BCUT2D eigenvalue weighted by atomic mass is 16.5. The smallest absolute Gasteiger partial charge is 0.245 e. The summed E-state index contributed by atoms with van der Waals surface area (Å²) in [6.07, 6.45) is 5.59. The van der Waals surface area contributed by atoms with Crippen LogP contribution in [0.5, 0.6) is 5.88 Å². The first-order valence-electron chi connectivity index (χ1n) is 7.33. The molecule has 1 saturated heterocycles. The van der Waals surface area contributed by atoms with Gasteiger partial charge in [-0.25, -0.2) is 9.97 Å². The van der Waals surface area contributed by atoms with E-state index >= 15 is 0 Å². The third kappa shape index (κ3) is 2.71. The average Bonchev–Trinajstić information content (AvgIpc) is 3.13. The van der Waals surface area contributed by atoms with Gasteiger partial charge in [0.2, 0.25) is 5.88 Å². The van der Waals surface area contributed by atoms with E-state index in [9.17, 15) is 0 Å². The maximum Gasteiger partial charge on any atom is 0.245 e. The number of rotatable bonds is 5. The van der Waals surface area contributed by atoms with Crippen molar-refractivity contribution in [3.05, 3.63) is 12.7 Å². The minimum atomic E-state index is -0.140. The summed E-state index contributed by atoms with van der Waals surface area (Å²) in [5, 5.41) is 9.17. The van der Waals surface area contributed by atoms with Gasteiger partial charge in [0.1, 0.15) is 12.6 Å². The van der Waals surface area contributed by atoms with Gasteiger partial charge < -0.3 is 14.6 Å². The van der Waals surface area contributed by atoms with Crippen molar-refractivity contribution in [2.24, 2.45) is 0 Å². The van der Waals surface area contributed by atoms with Crippen LogP contribution in [0.15, 0.2) is 12.7 Å². The molecular weight excluding hydrogens is 272 g/mol. The first-order valence-corrected chi connectivity index (χ1v) is 7.33. The predicted octanol–water partition coefficient (Wildman–Crippen LogP) is 1.67. The highest BCUT2D eigenvalue weighted by Gasteiger charge is 2.28. The summed E-state index contributed by atoms with van der Waals surface area (Å²) in [7, 11) is 0. The van der Waals surface area contributed by atoms with Crippen molar-refractivity contribution >= 4 is 11.2 Å². The van der Waals surface area contributed by atoms with Crippen LogP contribution < -0.4 is 4.74 Å². The number of aliphatic hydroxyl groups is 1. The zero-order valence-electron chi connectivity index (χ0n) is 12.3. The van der Waals surface area contributed by atoms with Gasteiger partial charge in [0, 0.05) is 0 Å². The molecule has 3 atom stereocenters. The fourth-order valence-corrected chi connectivity index (χ4v) is 2.43. The van der Waals surface area contributed by atoms with Gasteiger partial charge in [0.25, 0.3) is 0 Å². The van der Waals surface area contributed by atoms with E-state index in [0.29, 0.717) is 17.0 Å². The van der Waals surface area contributed by atoms with Crippen LogP contribution in [0.1, 0.15) is 39.3 Å². The summed E-state index contributed by atoms with van der Waals surface area (Å²) in [5.74, 6) is 0.504. The van der Waals surface area contributed by atoms with Crippen LogP contribution in [0.4, 0.5) is 0 Å². The molecule has 1 N–H and O–H groups in total. The third-order valence-corrected chi connectivity index (χ3v) is 3.81. The van der Waals surface area contributed by atoms with E-state index in [2.05, 4.69) is 21.9 Å². The molecule has 1 aliphatic heterocycles. The lowest BCUT2D eigenvalue weighted by atomic mass is 10.2. The number of ether oxygens (including phenoxy) is 2. The maximum atomic E-state index is 9.17. The second-order valence-electron chi connectivity index (χ2n) is 5.31. The van der Waals surface area contributed by atoms with Crippen LogP contribution in [0, 0.1) is 0 Å². The Balaban J connectivity index is 1.90. The van der Waals surface area contributed by atoms with Gasteiger partial charge in [0.15, 0.2) is 11.2 Å². The zero-order chi connectivity index (χ0) is 14.8. The number of hydrogen-bond acceptors (Lipinski definition) is 6. The average molecular weight is 292 g/mol. The highest BCUT2D eigenvalue weighted by molar-refractivity contribution is 5.76. The van der Waals surface area contributed by atoms with E-state index < -0.39 is 0 Å². The molecule has 3 heterocycles. The molecule has 0 amide bonds. The molecule has 0 radical (unpaired) electrons. The first kappa shape index (κ1) is 14.2. The second kappa shape index (κ2) is 5.95. The van der Waals surface area contributed by atoms with Crippen LogP contribution >= 0.6 is 0 Å². The van der Waals surface area contributed by atoms with Gasteiger partial charge in [-0.1, -0.05) is 6.92 Å². The lowest BCUT2D eigenvalue weighted by molar-refractivity contribution is -0.0207. The SMILES string of the molecule is CCC(C)Oc1ncnc2c1ncn2[C@H]1CC[C@@H](CO)O1. The Morgan fingerprint density at radius 2 is 2.29 bits per heavy atom. The van der Waals surface area contributed by atoms with Gasteiger partial charge >= 0.3 is 0 Å². The second-order valence-corrected chi connectivity index (χ2v) is 5.31. The number of imidazole rings is 1. The van der Waals surface area contributed by atoms with Crippen LogP contribution in [0.2, 0.25) is 0 Å². The Labute approximate surface area is 122 Å². The largest absolute Gasteiger partial charge is 0.473 e. The maximum absolute atomic E-state index is 9.17. The summed E-state index contributed by atoms with van der Waals surface area (Å²) in [6.45, 7) is 4.10. The standard InChI is InChI=1S/C14H20N4O3/c1-3-9(2)20-14-12-13(15-7-16-14)18(8-17-12)11-5-4-10(6-19)21-11/h7-11,19H,3-6H2,1-2H3/t9?,10-,11+/m0/s1. The van der Waals surface area contributed by atoms with Crippen molar-refractivity contribution in [2.75, 3.05) is 6.61 Å². The van der Waals surface area contributed by atoms with E-state index in [0.717, 1.165) is 19.3 Å². The number of aromatic nitrogens is 4. The van der Waals surface area contributed by atoms with Gasteiger partial charge in [-0.05, 0) is 26.2 Å². The number of fused-ring (bicyclic) bond motifs is 1. The molecular formula is C14H20N4O3. The molecule has 3 rings (SSSR count). The van der Waals surface area contributed by atoms with Crippen molar-refractivity contribution in [3.63, 3.8) is 0 Å². The van der Waals surface area contributed by atoms with Gasteiger partial charge in [-0.3, -0.25) is 4.57 Å². The van der Waals surface area contributed by atoms with E-state index in [-0.39, 0.29) is 25.0 Å². The molecule has 114 valence electrons. The summed E-state index contributed by atoms with van der Waals surface area (Å²) in [6, 6.07) is 0. The van der Waals surface area contributed by atoms with Crippen molar-refractivity contribution < 1.29 is 14.6 Å². The predicted molar refractivity (Wildman–Crippen MR) is 75.9 cm³/mol. The summed E-state index contributed by atoms with van der Waals surface area (Å²) in [5.41, 5.74) is 1.35. The quantitative estimate of drug-likeness (QED) is 0.902. The molecule has 7 nitrogen and oxygen atoms in total. The van der Waals surface area contributed by atoms with Crippen molar-refractivity contribution in [1.82, 2.24) is 19.5 Å². The van der Waals surface area contributed by atoms with Crippen LogP contribution in [-0.4, -0.2) is 43.4 Å². The number of nitrogens with zero attached hydrogens (tertiary/aromatic N) is 4. The third-order valence-electron chi connectivity index (χ3n) is 3.81. The van der Waals surface area contributed by atoms with Crippen molar-refractivity contribution in [2.45, 2.75) is 51.5 Å². The molecule has 0 aromatic carbocycles. The van der Waals surface area contributed by atoms with Crippen LogP contribution in [0.25, 0.3) is 11.2 Å². The van der Waals surface area contributed by atoms with Gasteiger partial charge in [-0.2, -0.15) is 4.98 Å². The van der Waals surface area contributed by atoms with E-state index in [1.165, 1.54) is 6.33 Å². The van der Waals surface area contributed by atoms with Crippen molar-refractivity contribution in [3.8, 4) is 5.88 Å². The minimum absolute atomic E-state index is 0.0422. The van der Waals surface area contributed by atoms with Gasteiger partial charge in [-0.15, -0.1) is 0 Å². The Morgan fingerprint density at radius 1 is 1.43 bits per heavy atom. The van der Waals surface area contributed by atoms with Crippen LogP contribution in [0.3, 0.4) is 0 Å². The Hall–Kier alpha value is -1.73. The van der Waals surface area contributed by atoms with Crippen LogP contribution in [-0.2, 0) is 4.74 Å². The van der Waals surface area contributed by atoms with Gasteiger partial charge in [0.05, 0.1) is 25.1 Å². The Kier molecular flexibility index (Phi) is 4.03. The highest BCUT2D eigenvalue weighted by Crippen LogP contribution is 2.31. The zero-order valence-corrected chi connectivity index (χ0v) is 12.3. The molecule has 0 bridgehead atoms. The Morgan fingerprint density at radius 3 is 3.00 bits per heavy atom. The fraction of sp³-hybridized carbons (Fsp3) is 0.643. The van der Waals surface area contributed by atoms with E-state index in [4.69, 9.17) is 14.6 Å². The summed E-state index contributed by atoms with van der Waals surface area (Å²) in [4.78, 5) is 12.8. The van der Waals surface area contributed by atoms with Crippen molar-refractivity contribution in [1.29, 1.82) is 0 Å². The molecule has 0 saturated carbocycles. The molecule has 0 aliphatic carbocycles. The van der Waals surface area contributed by atoms with E-state index in [1.807, 2.05) is 11.5 Å². The summed E-state index contributed by atoms with van der Waals surface area (Å²) < 4.78 is 13.4. The minimum Gasteiger partial charge on any atom is -0.473 e. The molecule has 1 aliphatic rings. The first-order chi connectivity index (χ1) is 10.2. The molecule has 1 fully saturated rings.